The molecule has 17 heavy (non-hydrogen) atoms. The van der Waals surface area contributed by atoms with E-state index >= 15 is 0 Å². The van der Waals surface area contributed by atoms with E-state index in [2.05, 4.69) is 9.47 Å². The molecule has 0 fully saturated rings. The summed E-state index contributed by atoms with van der Waals surface area (Å²) in [7, 11) is 2.24. The minimum absolute atomic E-state index is 0.398. The van der Waals surface area contributed by atoms with E-state index in [0.717, 1.165) is 14.2 Å². The van der Waals surface area contributed by atoms with Gasteiger partial charge >= 0.3 is 11.9 Å². The van der Waals surface area contributed by atoms with Gasteiger partial charge in [0.15, 0.2) is 5.92 Å². The van der Waals surface area contributed by atoms with Crippen LogP contribution in [0.25, 0.3) is 0 Å². The fraction of sp³-hybridized carbons (Fsp3) is 0.250. The van der Waals surface area contributed by atoms with Crippen molar-refractivity contribution in [2.24, 2.45) is 0 Å². The average Bonchev–Trinajstić information content (AvgIpc) is 2.38. The van der Waals surface area contributed by atoms with E-state index in [1.165, 1.54) is 0 Å². The minimum Gasteiger partial charge on any atom is -0.468 e. The number of rotatable bonds is 4. The van der Waals surface area contributed by atoms with Crippen LogP contribution in [0.5, 0.6) is 0 Å². The predicted molar refractivity (Wildman–Crippen MR) is 58.2 cm³/mol. The van der Waals surface area contributed by atoms with Gasteiger partial charge < -0.3 is 9.47 Å². The molecule has 0 N–H and O–H groups in total. The molecule has 0 aliphatic carbocycles. The molecule has 1 rings (SSSR count). The summed E-state index contributed by atoms with van der Waals surface area (Å²) in [5, 5.41) is 0. The maximum Gasteiger partial charge on any atom is 0.375 e. The molecule has 1 aromatic carbocycles. The standard InChI is InChI=1S/C12H12O5/c1-16-11(14)9(10(13)12(15)17-2)8-6-4-3-5-7-8/h3-7,9H,1-2H3/t9-/m1/s1. The van der Waals surface area contributed by atoms with Crippen LogP contribution in [0.2, 0.25) is 0 Å². The van der Waals surface area contributed by atoms with Crippen molar-refractivity contribution in [2.75, 3.05) is 14.2 Å². The molecule has 5 nitrogen and oxygen atoms in total. The fourth-order valence-electron chi connectivity index (χ4n) is 1.38. The van der Waals surface area contributed by atoms with Crippen LogP contribution < -0.4 is 0 Å². The van der Waals surface area contributed by atoms with Crippen molar-refractivity contribution < 1.29 is 23.9 Å². The van der Waals surface area contributed by atoms with E-state index in [9.17, 15) is 14.4 Å². The second-order valence-electron chi connectivity index (χ2n) is 3.22. The predicted octanol–water partition coefficient (Wildman–Crippen LogP) is 0.685. The van der Waals surface area contributed by atoms with Gasteiger partial charge in [-0.1, -0.05) is 30.3 Å². The zero-order chi connectivity index (χ0) is 12.8. The van der Waals surface area contributed by atoms with E-state index in [1.54, 1.807) is 30.3 Å². The monoisotopic (exact) mass is 236 g/mol. The molecular formula is C12H12O5. The lowest BCUT2D eigenvalue weighted by Gasteiger charge is -2.12. The molecule has 0 amide bonds. The Kier molecular flexibility index (Phi) is 4.39. The number of ether oxygens (including phenoxy) is 2. The third-order valence-corrected chi connectivity index (χ3v) is 2.22. The maximum atomic E-state index is 11.7. The Labute approximate surface area is 98.3 Å². The molecule has 0 heterocycles. The van der Waals surface area contributed by atoms with Gasteiger partial charge in [-0.2, -0.15) is 0 Å². The highest BCUT2D eigenvalue weighted by atomic mass is 16.5. The van der Waals surface area contributed by atoms with Crippen LogP contribution in [0.3, 0.4) is 0 Å². The minimum atomic E-state index is -1.27. The molecule has 0 aromatic heterocycles. The first-order valence-corrected chi connectivity index (χ1v) is 4.86. The maximum absolute atomic E-state index is 11.7. The second-order valence-corrected chi connectivity index (χ2v) is 3.22. The molecule has 0 aliphatic rings. The Morgan fingerprint density at radius 2 is 1.59 bits per heavy atom. The number of hydrogen-bond acceptors (Lipinski definition) is 5. The van der Waals surface area contributed by atoms with Crippen LogP contribution in [-0.4, -0.2) is 31.9 Å². The van der Waals surface area contributed by atoms with Crippen LogP contribution in [0.4, 0.5) is 0 Å². The number of benzene rings is 1. The van der Waals surface area contributed by atoms with Crippen molar-refractivity contribution in [1.82, 2.24) is 0 Å². The van der Waals surface area contributed by atoms with Gasteiger partial charge in [0, 0.05) is 0 Å². The number of hydrogen-bond donors (Lipinski definition) is 0. The van der Waals surface area contributed by atoms with Gasteiger partial charge in [-0.3, -0.25) is 9.59 Å². The largest absolute Gasteiger partial charge is 0.468 e. The van der Waals surface area contributed by atoms with Gasteiger partial charge in [-0.05, 0) is 5.56 Å². The Hall–Kier alpha value is -2.17. The molecule has 0 bridgehead atoms. The first-order valence-electron chi connectivity index (χ1n) is 4.86. The highest BCUT2D eigenvalue weighted by molar-refractivity contribution is 6.39. The summed E-state index contributed by atoms with van der Waals surface area (Å²) in [6.07, 6.45) is 0. The van der Waals surface area contributed by atoms with E-state index < -0.39 is 23.6 Å². The van der Waals surface area contributed by atoms with Gasteiger partial charge in [-0.15, -0.1) is 0 Å². The van der Waals surface area contributed by atoms with Crippen molar-refractivity contribution >= 4 is 17.7 Å². The van der Waals surface area contributed by atoms with Crippen molar-refractivity contribution in [3.63, 3.8) is 0 Å². The Bertz CT molecular complexity index is 424. The molecule has 1 aromatic rings. The fourth-order valence-corrected chi connectivity index (χ4v) is 1.38. The number of esters is 2. The van der Waals surface area contributed by atoms with E-state index in [-0.39, 0.29) is 0 Å². The van der Waals surface area contributed by atoms with Crippen molar-refractivity contribution in [3.05, 3.63) is 35.9 Å². The van der Waals surface area contributed by atoms with Crippen molar-refractivity contribution in [3.8, 4) is 0 Å². The van der Waals surface area contributed by atoms with E-state index in [4.69, 9.17) is 0 Å². The lowest BCUT2D eigenvalue weighted by molar-refractivity contribution is -0.157. The number of methoxy groups -OCH3 is 2. The van der Waals surface area contributed by atoms with Crippen LogP contribution in [-0.2, 0) is 23.9 Å². The molecule has 0 radical (unpaired) electrons. The molecule has 90 valence electrons. The first kappa shape index (κ1) is 12.9. The highest BCUT2D eigenvalue weighted by Gasteiger charge is 2.34. The van der Waals surface area contributed by atoms with E-state index in [1.807, 2.05) is 0 Å². The van der Waals surface area contributed by atoms with Crippen molar-refractivity contribution in [1.29, 1.82) is 0 Å². The lowest BCUT2D eigenvalue weighted by Crippen LogP contribution is -2.30. The van der Waals surface area contributed by atoms with E-state index in [0.29, 0.717) is 5.56 Å². The van der Waals surface area contributed by atoms with Gasteiger partial charge in [0.05, 0.1) is 14.2 Å². The molecule has 5 heteroatoms. The number of carbonyl (C=O) groups is 3. The Morgan fingerprint density at radius 1 is 1.00 bits per heavy atom. The summed E-state index contributed by atoms with van der Waals surface area (Å²) >= 11 is 0. The van der Waals surface area contributed by atoms with Crippen LogP contribution in [0, 0.1) is 0 Å². The second kappa shape index (κ2) is 5.79. The summed E-state index contributed by atoms with van der Waals surface area (Å²) in [6, 6.07) is 8.21. The smallest absolute Gasteiger partial charge is 0.375 e. The third kappa shape index (κ3) is 2.90. The summed E-state index contributed by atoms with van der Waals surface area (Å²) in [6.45, 7) is 0. The molecule has 0 aliphatic heterocycles. The zero-order valence-corrected chi connectivity index (χ0v) is 9.51. The Balaban J connectivity index is 3.09. The number of carbonyl (C=O) groups excluding carboxylic acids is 3. The molecule has 0 spiro atoms. The van der Waals surface area contributed by atoms with Gasteiger partial charge in [0.2, 0.25) is 0 Å². The quantitative estimate of drug-likeness (QED) is 0.437. The number of ketones is 1. The van der Waals surface area contributed by atoms with Crippen molar-refractivity contribution in [2.45, 2.75) is 5.92 Å². The third-order valence-electron chi connectivity index (χ3n) is 2.22. The van der Waals surface area contributed by atoms with Crippen LogP contribution >= 0.6 is 0 Å². The molecule has 0 unspecified atom stereocenters. The number of Topliss-reactive ketones (excluding diaryl/α,β-unsaturated/α-hetero) is 1. The zero-order valence-electron chi connectivity index (χ0n) is 9.51. The summed E-state index contributed by atoms with van der Waals surface area (Å²) in [5.41, 5.74) is 0.398. The lowest BCUT2D eigenvalue weighted by atomic mass is 9.95. The summed E-state index contributed by atoms with van der Waals surface area (Å²) in [5.74, 6) is -4.06. The first-order chi connectivity index (χ1) is 8.11. The highest BCUT2D eigenvalue weighted by Crippen LogP contribution is 2.18. The SMILES string of the molecule is COC(=O)C(=O)[C@H](C(=O)OC)c1ccccc1. The van der Waals surface area contributed by atoms with Gasteiger partial charge in [0.1, 0.15) is 0 Å². The van der Waals surface area contributed by atoms with Crippen LogP contribution in [0.1, 0.15) is 11.5 Å². The van der Waals surface area contributed by atoms with Crippen LogP contribution in [0.15, 0.2) is 30.3 Å². The molecular weight excluding hydrogens is 224 g/mol. The average molecular weight is 236 g/mol. The summed E-state index contributed by atoms with van der Waals surface area (Å²) in [4.78, 5) is 34.4. The topological polar surface area (TPSA) is 69.7 Å². The van der Waals surface area contributed by atoms with Gasteiger partial charge in [-0.25, -0.2) is 4.79 Å². The normalized spacial score (nSPS) is 11.4. The van der Waals surface area contributed by atoms with Gasteiger partial charge in [0.25, 0.3) is 5.78 Å². The molecule has 0 saturated carbocycles. The summed E-state index contributed by atoms with van der Waals surface area (Å²) < 4.78 is 8.83. The molecule has 1 atom stereocenters. The Morgan fingerprint density at radius 3 is 2.06 bits per heavy atom. The molecule has 0 saturated heterocycles.